The van der Waals surface area contributed by atoms with Crippen LogP contribution in [0.3, 0.4) is 0 Å². The van der Waals surface area contributed by atoms with Gasteiger partial charge in [-0.2, -0.15) is 0 Å². The molecule has 0 radical (unpaired) electrons. The maximum Gasteiger partial charge on any atom is 0.338 e. The number of halogens is 2. The van der Waals surface area contributed by atoms with Gasteiger partial charge in [-0.25, -0.2) is 23.1 Å². The number of nitrogens with zero attached hydrogens (tertiary/aromatic N) is 4. The summed E-state index contributed by atoms with van der Waals surface area (Å²) in [5.74, 6) is -1.37. The van der Waals surface area contributed by atoms with Crippen LogP contribution < -0.4 is 11.2 Å². The summed E-state index contributed by atoms with van der Waals surface area (Å²) in [5, 5.41) is 0.265. The smallest absolute Gasteiger partial charge is 0.338 e. The molecule has 2 aromatic carbocycles. The molecular weight excluding hydrogens is 586 g/mol. The SMILES string of the molecule is CCC(=O)Cc1ccc(-c2sc3c(c2CN(C)CCOC)c(=O)n(-c2ccccn2)c(=O)n3Cc2c(F)cccc2F)cc1. The lowest BCUT2D eigenvalue weighted by atomic mass is 10.0. The van der Waals surface area contributed by atoms with Gasteiger partial charge in [0.1, 0.15) is 28.1 Å². The molecule has 44 heavy (non-hydrogen) atoms. The van der Waals surface area contributed by atoms with E-state index >= 15 is 0 Å². The normalized spacial score (nSPS) is 11.5. The van der Waals surface area contributed by atoms with Crippen LogP contribution in [0.2, 0.25) is 0 Å². The molecule has 0 spiro atoms. The summed E-state index contributed by atoms with van der Waals surface area (Å²) in [4.78, 5) is 47.6. The Kier molecular flexibility index (Phi) is 9.58. The monoisotopic (exact) mass is 618 g/mol. The van der Waals surface area contributed by atoms with Crippen molar-refractivity contribution in [3.05, 3.63) is 116 Å². The molecule has 0 atom stereocenters. The quantitative estimate of drug-likeness (QED) is 0.191. The number of benzene rings is 2. The molecule has 0 aliphatic heterocycles. The molecule has 8 nitrogen and oxygen atoms in total. The highest BCUT2D eigenvalue weighted by Gasteiger charge is 2.26. The zero-order valence-electron chi connectivity index (χ0n) is 24.7. The van der Waals surface area contributed by atoms with Gasteiger partial charge in [0.25, 0.3) is 5.56 Å². The minimum atomic E-state index is -0.797. The second-order valence-electron chi connectivity index (χ2n) is 10.5. The number of thiophene rings is 1. The van der Waals surface area contributed by atoms with Crippen molar-refractivity contribution in [1.29, 1.82) is 0 Å². The number of Topliss-reactive ketones (excluding diaryl/α,β-unsaturated/α-hetero) is 1. The number of carbonyl (C=O) groups is 1. The van der Waals surface area contributed by atoms with Crippen LogP contribution in [0.4, 0.5) is 8.78 Å². The maximum absolute atomic E-state index is 14.9. The number of ketones is 1. The fourth-order valence-corrected chi connectivity index (χ4v) is 6.35. The molecule has 5 aromatic rings. The predicted molar refractivity (Wildman–Crippen MR) is 168 cm³/mol. The molecule has 3 aromatic heterocycles. The van der Waals surface area contributed by atoms with Crippen molar-refractivity contribution in [2.75, 3.05) is 27.3 Å². The lowest BCUT2D eigenvalue weighted by Gasteiger charge is -2.17. The first-order valence-corrected chi connectivity index (χ1v) is 15.0. The molecule has 0 aliphatic carbocycles. The van der Waals surface area contributed by atoms with Crippen LogP contribution in [-0.2, 0) is 29.0 Å². The first-order valence-electron chi connectivity index (χ1n) is 14.2. The molecule has 0 N–H and O–H groups in total. The summed E-state index contributed by atoms with van der Waals surface area (Å²) in [6.45, 7) is 2.75. The van der Waals surface area contributed by atoms with Gasteiger partial charge in [-0.05, 0) is 48.0 Å². The second-order valence-corrected chi connectivity index (χ2v) is 11.5. The molecule has 0 saturated carbocycles. The van der Waals surface area contributed by atoms with Crippen LogP contribution >= 0.6 is 11.3 Å². The van der Waals surface area contributed by atoms with E-state index in [4.69, 9.17) is 4.74 Å². The first kappa shape index (κ1) is 31.1. The maximum atomic E-state index is 14.9. The Labute approximate surface area is 256 Å². The third-order valence-corrected chi connectivity index (χ3v) is 8.75. The van der Waals surface area contributed by atoms with Gasteiger partial charge in [0.2, 0.25) is 0 Å². The van der Waals surface area contributed by atoms with E-state index in [2.05, 4.69) is 4.98 Å². The molecular formula is C33H32F2N4O4S. The van der Waals surface area contributed by atoms with Crippen LogP contribution in [0.25, 0.3) is 26.5 Å². The topological polar surface area (TPSA) is 86.4 Å². The molecule has 5 rings (SSSR count). The molecule has 0 bridgehead atoms. The number of likely N-dealkylation sites (N-methyl/N-ethyl adjacent to an activating group) is 1. The number of hydrogen-bond donors (Lipinski definition) is 0. The lowest BCUT2D eigenvalue weighted by Crippen LogP contribution is -2.39. The van der Waals surface area contributed by atoms with Crippen molar-refractivity contribution in [1.82, 2.24) is 19.0 Å². The fourth-order valence-electron chi connectivity index (χ4n) is 5.04. The predicted octanol–water partition coefficient (Wildman–Crippen LogP) is 5.20. The van der Waals surface area contributed by atoms with E-state index in [1.54, 1.807) is 19.2 Å². The van der Waals surface area contributed by atoms with Crippen LogP contribution in [0, 0.1) is 11.6 Å². The Morgan fingerprint density at radius 1 is 1.00 bits per heavy atom. The minimum absolute atomic E-state index is 0.100. The van der Waals surface area contributed by atoms with Gasteiger partial charge in [-0.3, -0.25) is 19.1 Å². The number of hydrogen-bond acceptors (Lipinski definition) is 7. The number of pyridine rings is 1. The third-order valence-electron chi connectivity index (χ3n) is 7.45. The van der Waals surface area contributed by atoms with Crippen molar-refractivity contribution in [3.8, 4) is 16.3 Å². The van der Waals surface area contributed by atoms with Gasteiger partial charge in [0, 0.05) is 49.7 Å². The number of ether oxygens (including phenoxy) is 1. The number of methoxy groups -OCH3 is 1. The molecule has 0 unspecified atom stereocenters. The Morgan fingerprint density at radius 2 is 1.73 bits per heavy atom. The third kappa shape index (κ3) is 6.30. The molecule has 11 heteroatoms. The van der Waals surface area contributed by atoms with Gasteiger partial charge in [0.15, 0.2) is 0 Å². The zero-order valence-corrected chi connectivity index (χ0v) is 25.5. The highest BCUT2D eigenvalue weighted by atomic mass is 32.1. The summed E-state index contributed by atoms with van der Waals surface area (Å²) >= 11 is 1.22. The zero-order chi connectivity index (χ0) is 31.4. The molecule has 0 amide bonds. The number of aromatic nitrogens is 3. The van der Waals surface area contributed by atoms with E-state index in [0.29, 0.717) is 42.9 Å². The van der Waals surface area contributed by atoms with Crippen LogP contribution in [-0.4, -0.2) is 52.1 Å². The van der Waals surface area contributed by atoms with Crippen molar-refractivity contribution in [3.63, 3.8) is 0 Å². The summed E-state index contributed by atoms with van der Waals surface area (Å²) in [7, 11) is 3.50. The van der Waals surface area contributed by atoms with Gasteiger partial charge in [0.05, 0.1) is 18.5 Å². The average molecular weight is 619 g/mol. The fraction of sp³-hybridized carbons (Fsp3) is 0.273. The molecule has 228 valence electrons. The average Bonchev–Trinajstić information content (AvgIpc) is 3.39. The van der Waals surface area contributed by atoms with E-state index < -0.39 is 29.4 Å². The highest BCUT2D eigenvalue weighted by molar-refractivity contribution is 7.22. The molecule has 0 saturated heterocycles. The van der Waals surface area contributed by atoms with Crippen molar-refractivity contribution in [2.24, 2.45) is 0 Å². The Balaban J connectivity index is 1.80. The van der Waals surface area contributed by atoms with Crippen LogP contribution in [0.1, 0.15) is 30.0 Å². The van der Waals surface area contributed by atoms with Crippen LogP contribution in [0.5, 0.6) is 0 Å². The van der Waals surface area contributed by atoms with E-state index in [1.165, 1.54) is 34.2 Å². The molecule has 3 heterocycles. The highest BCUT2D eigenvalue weighted by Crippen LogP contribution is 2.38. The Hall–Kier alpha value is -4.32. The Bertz CT molecular complexity index is 1900. The van der Waals surface area contributed by atoms with Gasteiger partial charge >= 0.3 is 5.69 Å². The summed E-state index contributed by atoms with van der Waals surface area (Å²) in [5.41, 5.74) is 0.694. The van der Waals surface area contributed by atoms with Gasteiger partial charge in [-0.1, -0.05) is 43.3 Å². The summed E-state index contributed by atoms with van der Waals surface area (Å²) in [6.07, 6.45) is 2.23. The Morgan fingerprint density at radius 3 is 2.36 bits per heavy atom. The standard InChI is InChI=1S/C33H32F2N4O4S/c1-4-23(40)18-21-11-13-22(14-12-21)30-25(19-37(2)16-17-43-3)29-31(41)39(28-10-5-6-15-36-28)33(42)38(32(29)44-30)20-24-26(34)8-7-9-27(24)35/h5-15H,4,16-20H2,1-3H3. The van der Waals surface area contributed by atoms with Crippen molar-refractivity contribution < 1.29 is 18.3 Å². The van der Waals surface area contributed by atoms with Gasteiger partial charge < -0.3 is 4.74 Å². The number of carbonyl (C=O) groups excluding carboxylic acids is 1. The minimum Gasteiger partial charge on any atom is -0.383 e. The summed E-state index contributed by atoms with van der Waals surface area (Å²) < 4.78 is 37.2. The van der Waals surface area contributed by atoms with Gasteiger partial charge in [-0.15, -0.1) is 11.3 Å². The van der Waals surface area contributed by atoms with E-state index in [1.807, 2.05) is 43.1 Å². The first-order chi connectivity index (χ1) is 21.2. The molecule has 0 fully saturated rings. The molecule has 0 aliphatic rings. The van der Waals surface area contributed by atoms with E-state index in [-0.39, 0.29) is 22.6 Å². The van der Waals surface area contributed by atoms with Crippen LogP contribution in [0.15, 0.2) is 76.4 Å². The number of fused-ring (bicyclic) bond motifs is 1. The van der Waals surface area contributed by atoms with Crippen molar-refractivity contribution in [2.45, 2.75) is 32.9 Å². The second kappa shape index (κ2) is 13.5. The summed E-state index contributed by atoms with van der Waals surface area (Å²) in [6, 6.07) is 15.9. The van der Waals surface area contributed by atoms with E-state index in [0.717, 1.165) is 32.7 Å². The lowest BCUT2D eigenvalue weighted by molar-refractivity contribution is -0.118. The van der Waals surface area contributed by atoms with E-state index in [9.17, 15) is 23.2 Å². The van der Waals surface area contributed by atoms with Crippen molar-refractivity contribution >= 4 is 27.3 Å². The largest absolute Gasteiger partial charge is 0.383 e. The number of rotatable bonds is 12.